The summed E-state index contributed by atoms with van der Waals surface area (Å²) in [6.45, 7) is 1.98. The van der Waals surface area contributed by atoms with Crippen LogP contribution in [-0.2, 0) is 11.2 Å². The first kappa shape index (κ1) is 14.1. The Morgan fingerprint density at radius 3 is 2.68 bits per heavy atom. The van der Waals surface area contributed by atoms with E-state index in [9.17, 15) is 4.79 Å². The first-order chi connectivity index (χ1) is 9.04. The van der Waals surface area contributed by atoms with Crippen molar-refractivity contribution in [1.82, 2.24) is 0 Å². The monoisotopic (exact) mass is 337 g/mol. The number of hydrogen-bond acceptors (Lipinski definition) is 1. The molecule has 98 valence electrons. The van der Waals surface area contributed by atoms with Gasteiger partial charge in [-0.2, -0.15) is 0 Å². The summed E-state index contributed by atoms with van der Waals surface area (Å²) in [7, 11) is 0. The van der Waals surface area contributed by atoms with E-state index in [0.717, 1.165) is 21.3 Å². The van der Waals surface area contributed by atoms with E-state index in [2.05, 4.69) is 21.2 Å². The highest BCUT2D eigenvalue weighted by molar-refractivity contribution is 9.10. The van der Waals surface area contributed by atoms with E-state index >= 15 is 0 Å². The highest BCUT2D eigenvalue weighted by Gasteiger charge is 2.07. The molecule has 0 aliphatic heterocycles. The molecule has 0 saturated heterocycles. The second-order valence-electron chi connectivity index (χ2n) is 4.33. The van der Waals surface area contributed by atoms with Crippen LogP contribution in [0.3, 0.4) is 0 Å². The van der Waals surface area contributed by atoms with Crippen LogP contribution in [0.15, 0.2) is 46.9 Å². The maximum atomic E-state index is 12.0. The number of anilines is 1. The standard InChI is InChI=1S/C15H13BrClNO/c1-10-6-12(16)9-13(7-10)18-15(19)8-11-4-2-3-5-14(11)17/h2-7,9H,8H2,1H3,(H,18,19). The molecule has 0 atom stereocenters. The van der Waals surface area contributed by atoms with Crippen LogP contribution in [0.1, 0.15) is 11.1 Å². The average molecular weight is 339 g/mol. The van der Waals surface area contributed by atoms with E-state index in [0.29, 0.717) is 5.02 Å². The van der Waals surface area contributed by atoms with Gasteiger partial charge in [-0.05, 0) is 42.3 Å². The van der Waals surface area contributed by atoms with Gasteiger partial charge in [0.05, 0.1) is 6.42 Å². The molecule has 2 aromatic carbocycles. The van der Waals surface area contributed by atoms with Gasteiger partial charge in [-0.1, -0.05) is 45.7 Å². The van der Waals surface area contributed by atoms with Gasteiger partial charge >= 0.3 is 0 Å². The molecule has 0 heterocycles. The summed E-state index contributed by atoms with van der Waals surface area (Å²) >= 11 is 9.44. The number of benzene rings is 2. The number of amides is 1. The largest absolute Gasteiger partial charge is 0.326 e. The lowest BCUT2D eigenvalue weighted by Gasteiger charge is -2.08. The van der Waals surface area contributed by atoms with E-state index < -0.39 is 0 Å². The highest BCUT2D eigenvalue weighted by Crippen LogP contribution is 2.20. The normalized spacial score (nSPS) is 10.3. The molecule has 0 fully saturated rings. The summed E-state index contributed by atoms with van der Waals surface area (Å²) < 4.78 is 0.945. The molecule has 4 heteroatoms. The maximum Gasteiger partial charge on any atom is 0.228 e. The van der Waals surface area contributed by atoms with Gasteiger partial charge in [0.1, 0.15) is 0 Å². The zero-order valence-electron chi connectivity index (χ0n) is 10.4. The second-order valence-corrected chi connectivity index (χ2v) is 5.66. The van der Waals surface area contributed by atoms with Crippen molar-refractivity contribution in [3.8, 4) is 0 Å². The molecule has 0 unspecified atom stereocenters. The Morgan fingerprint density at radius 1 is 1.26 bits per heavy atom. The third-order valence-corrected chi connectivity index (χ3v) is 3.46. The first-order valence-corrected chi connectivity index (χ1v) is 7.02. The van der Waals surface area contributed by atoms with E-state index in [4.69, 9.17) is 11.6 Å². The number of hydrogen-bond donors (Lipinski definition) is 1. The fourth-order valence-electron chi connectivity index (χ4n) is 1.83. The summed E-state index contributed by atoms with van der Waals surface area (Å²) in [5.74, 6) is -0.0781. The van der Waals surface area contributed by atoms with Gasteiger partial charge in [0, 0.05) is 15.2 Å². The smallest absolute Gasteiger partial charge is 0.228 e. The van der Waals surface area contributed by atoms with Crippen molar-refractivity contribution in [3.63, 3.8) is 0 Å². The Labute approximate surface area is 125 Å². The van der Waals surface area contributed by atoms with Crippen molar-refractivity contribution < 1.29 is 4.79 Å². The molecule has 0 aromatic heterocycles. The number of halogens is 2. The second kappa shape index (κ2) is 6.22. The van der Waals surface area contributed by atoms with Crippen molar-refractivity contribution in [1.29, 1.82) is 0 Å². The van der Waals surface area contributed by atoms with Gasteiger partial charge in [0.25, 0.3) is 0 Å². The molecule has 2 rings (SSSR count). The van der Waals surface area contributed by atoms with E-state index in [1.165, 1.54) is 0 Å². The lowest BCUT2D eigenvalue weighted by atomic mass is 10.1. The third kappa shape index (κ3) is 4.08. The summed E-state index contributed by atoms with van der Waals surface area (Å²) in [6, 6.07) is 13.1. The summed E-state index contributed by atoms with van der Waals surface area (Å²) in [5.41, 5.74) is 2.69. The molecular formula is C15H13BrClNO. The molecule has 0 saturated carbocycles. The molecule has 1 N–H and O–H groups in total. The van der Waals surface area contributed by atoms with Gasteiger partial charge in [0.15, 0.2) is 0 Å². The quantitative estimate of drug-likeness (QED) is 0.871. The third-order valence-electron chi connectivity index (χ3n) is 2.63. The summed E-state index contributed by atoms with van der Waals surface area (Å²) in [5, 5.41) is 3.49. The SMILES string of the molecule is Cc1cc(Br)cc(NC(=O)Cc2ccccc2Cl)c1. The molecule has 0 aliphatic carbocycles. The molecule has 0 spiro atoms. The van der Waals surface area contributed by atoms with Gasteiger partial charge in [-0.15, -0.1) is 0 Å². The minimum Gasteiger partial charge on any atom is -0.326 e. The zero-order chi connectivity index (χ0) is 13.8. The van der Waals surface area contributed by atoms with Crippen molar-refractivity contribution in [2.24, 2.45) is 0 Å². The molecule has 2 nitrogen and oxygen atoms in total. The minimum absolute atomic E-state index is 0.0781. The highest BCUT2D eigenvalue weighted by atomic mass is 79.9. The van der Waals surface area contributed by atoms with Crippen LogP contribution in [0.5, 0.6) is 0 Å². The molecule has 19 heavy (non-hydrogen) atoms. The Hall–Kier alpha value is -1.32. The van der Waals surface area contributed by atoms with Crippen LogP contribution in [0.4, 0.5) is 5.69 Å². The summed E-state index contributed by atoms with van der Waals surface area (Å²) in [4.78, 5) is 12.0. The Kier molecular flexibility index (Phi) is 4.61. The predicted molar refractivity (Wildman–Crippen MR) is 82.7 cm³/mol. The van der Waals surface area contributed by atoms with Crippen molar-refractivity contribution in [3.05, 3.63) is 63.1 Å². The fraction of sp³-hybridized carbons (Fsp3) is 0.133. The van der Waals surface area contributed by atoms with Crippen molar-refractivity contribution >= 4 is 39.1 Å². The van der Waals surface area contributed by atoms with Crippen LogP contribution in [0.2, 0.25) is 5.02 Å². The van der Waals surface area contributed by atoms with Gasteiger partial charge in [0.2, 0.25) is 5.91 Å². The van der Waals surface area contributed by atoms with Crippen LogP contribution in [-0.4, -0.2) is 5.91 Å². The fourth-order valence-corrected chi connectivity index (χ4v) is 2.64. The van der Waals surface area contributed by atoms with Gasteiger partial charge in [-0.25, -0.2) is 0 Å². The molecule has 0 aliphatic rings. The van der Waals surface area contributed by atoms with Crippen LogP contribution >= 0.6 is 27.5 Å². The molecule has 0 radical (unpaired) electrons. The minimum atomic E-state index is -0.0781. The average Bonchev–Trinajstić information content (AvgIpc) is 2.30. The summed E-state index contributed by atoms with van der Waals surface area (Å²) in [6.07, 6.45) is 0.269. The number of rotatable bonds is 3. The lowest BCUT2D eigenvalue weighted by Crippen LogP contribution is -2.14. The molecule has 0 bridgehead atoms. The Bertz CT molecular complexity index is 593. The number of carbonyl (C=O) groups excluding carboxylic acids is 1. The molecule has 2 aromatic rings. The topological polar surface area (TPSA) is 29.1 Å². The maximum absolute atomic E-state index is 12.0. The predicted octanol–water partition coefficient (Wildman–Crippen LogP) is 4.59. The zero-order valence-corrected chi connectivity index (χ0v) is 12.8. The lowest BCUT2D eigenvalue weighted by molar-refractivity contribution is -0.115. The Morgan fingerprint density at radius 2 is 2.00 bits per heavy atom. The van der Waals surface area contributed by atoms with Crippen molar-refractivity contribution in [2.45, 2.75) is 13.3 Å². The number of nitrogens with one attached hydrogen (secondary N) is 1. The first-order valence-electron chi connectivity index (χ1n) is 5.85. The van der Waals surface area contributed by atoms with Gasteiger partial charge < -0.3 is 5.32 Å². The van der Waals surface area contributed by atoms with E-state index in [1.807, 2.05) is 43.3 Å². The van der Waals surface area contributed by atoms with Gasteiger partial charge in [-0.3, -0.25) is 4.79 Å². The van der Waals surface area contributed by atoms with E-state index in [-0.39, 0.29) is 12.3 Å². The van der Waals surface area contributed by atoms with Crippen LogP contribution < -0.4 is 5.32 Å². The number of aryl methyl sites for hydroxylation is 1. The number of carbonyl (C=O) groups is 1. The molecular weight excluding hydrogens is 326 g/mol. The Balaban J connectivity index is 2.07. The van der Waals surface area contributed by atoms with Crippen molar-refractivity contribution in [2.75, 3.05) is 5.32 Å². The van der Waals surface area contributed by atoms with Crippen LogP contribution in [0, 0.1) is 6.92 Å². The van der Waals surface area contributed by atoms with E-state index in [1.54, 1.807) is 6.07 Å². The van der Waals surface area contributed by atoms with Crippen LogP contribution in [0.25, 0.3) is 0 Å². The molecule has 1 amide bonds.